The van der Waals surface area contributed by atoms with E-state index in [1.54, 1.807) is 4.90 Å². The fraction of sp³-hybridized carbons (Fsp3) is 0.692. The molecule has 2 aliphatic heterocycles. The summed E-state index contributed by atoms with van der Waals surface area (Å²) >= 11 is 3.70. The summed E-state index contributed by atoms with van der Waals surface area (Å²) in [5.74, 6) is 1.61. The highest BCUT2D eigenvalue weighted by Gasteiger charge is 2.41. The van der Waals surface area contributed by atoms with Crippen molar-refractivity contribution in [3.63, 3.8) is 0 Å². The van der Waals surface area contributed by atoms with E-state index in [0.717, 1.165) is 74.8 Å². The predicted molar refractivity (Wildman–Crippen MR) is 133 cm³/mol. The van der Waals surface area contributed by atoms with E-state index >= 15 is 0 Å². The number of hydrogen-bond acceptors (Lipinski definition) is 4. The highest BCUT2D eigenvalue weighted by atomic mass is 79.9. The number of piperidine rings is 1. The van der Waals surface area contributed by atoms with Gasteiger partial charge in [-0.2, -0.15) is 0 Å². The third-order valence-corrected chi connectivity index (χ3v) is 8.46. The lowest BCUT2D eigenvalue weighted by molar-refractivity contribution is -0.135. The van der Waals surface area contributed by atoms with Crippen LogP contribution < -0.4 is 4.74 Å². The van der Waals surface area contributed by atoms with Crippen molar-refractivity contribution in [2.75, 3.05) is 33.3 Å². The van der Waals surface area contributed by atoms with Gasteiger partial charge in [0.25, 0.3) is 0 Å². The average Bonchev–Trinajstić information content (AvgIpc) is 2.82. The lowest BCUT2D eigenvalue weighted by Gasteiger charge is -2.44. The summed E-state index contributed by atoms with van der Waals surface area (Å²) in [7, 11) is 1.88. The van der Waals surface area contributed by atoms with E-state index in [1.807, 2.05) is 24.9 Å². The number of carbonyl (C=O) groups is 2. The summed E-state index contributed by atoms with van der Waals surface area (Å²) in [5, 5.41) is 0. The Hall–Kier alpha value is -1.60. The Morgan fingerprint density at radius 3 is 2.48 bits per heavy atom. The number of imide groups is 1. The first kappa shape index (κ1) is 24.5. The van der Waals surface area contributed by atoms with Crippen molar-refractivity contribution in [1.82, 2.24) is 14.7 Å². The van der Waals surface area contributed by atoms with Crippen molar-refractivity contribution in [2.45, 2.75) is 76.8 Å². The molecule has 0 spiro atoms. The number of hydrogen-bond donors (Lipinski definition) is 0. The Morgan fingerprint density at radius 2 is 1.79 bits per heavy atom. The third kappa shape index (κ3) is 5.91. The van der Waals surface area contributed by atoms with Crippen LogP contribution in [0.4, 0.5) is 4.79 Å². The minimum atomic E-state index is -0.0860. The number of likely N-dealkylation sites (tertiary alicyclic amines) is 1. The topological polar surface area (TPSA) is 53.1 Å². The molecule has 0 N–H and O–H groups in total. The van der Waals surface area contributed by atoms with Crippen molar-refractivity contribution >= 4 is 27.9 Å². The van der Waals surface area contributed by atoms with Gasteiger partial charge in [-0.3, -0.25) is 9.69 Å². The third-order valence-electron chi connectivity index (χ3n) is 7.69. The molecule has 0 aromatic heterocycles. The number of benzene rings is 1. The van der Waals surface area contributed by atoms with E-state index in [0.29, 0.717) is 18.9 Å². The summed E-state index contributed by atoms with van der Waals surface area (Å²) in [4.78, 5) is 31.8. The quantitative estimate of drug-likeness (QED) is 0.503. The van der Waals surface area contributed by atoms with E-state index in [2.05, 4.69) is 33.0 Å². The molecule has 3 fully saturated rings. The molecule has 3 aliphatic rings. The van der Waals surface area contributed by atoms with Crippen LogP contribution in [0.2, 0.25) is 0 Å². The SMILES string of the molecule is CCOc1ccc(Br)c(CC2CCN(CC3CC(=O)N(C4CCCCC4)C(=O)N3C)CC2)c1. The van der Waals surface area contributed by atoms with Gasteiger partial charge in [0, 0.05) is 30.5 Å². The first-order valence-electron chi connectivity index (χ1n) is 12.7. The number of rotatable bonds is 7. The average molecular weight is 521 g/mol. The molecule has 0 radical (unpaired) electrons. The second kappa shape index (κ2) is 11.2. The predicted octanol–water partition coefficient (Wildman–Crippen LogP) is 5.09. The Balaban J connectivity index is 1.28. The van der Waals surface area contributed by atoms with Gasteiger partial charge in [-0.15, -0.1) is 0 Å². The maximum Gasteiger partial charge on any atom is 0.327 e. The highest BCUT2D eigenvalue weighted by Crippen LogP contribution is 2.31. The molecule has 1 aliphatic carbocycles. The van der Waals surface area contributed by atoms with Crippen LogP contribution in [-0.4, -0.2) is 72.0 Å². The van der Waals surface area contributed by atoms with Crippen LogP contribution >= 0.6 is 15.9 Å². The molecule has 2 saturated heterocycles. The highest BCUT2D eigenvalue weighted by molar-refractivity contribution is 9.10. The Kier molecular flexibility index (Phi) is 8.34. The number of nitrogens with zero attached hydrogens (tertiary/aromatic N) is 3. The molecule has 3 amide bonds. The summed E-state index contributed by atoms with van der Waals surface area (Å²) in [5.41, 5.74) is 1.31. The zero-order valence-corrected chi connectivity index (χ0v) is 21.7. The zero-order valence-electron chi connectivity index (χ0n) is 20.1. The van der Waals surface area contributed by atoms with Crippen LogP contribution in [0.1, 0.15) is 63.9 Å². The monoisotopic (exact) mass is 519 g/mol. The largest absolute Gasteiger partial charge is 0.494 e. The molecule has 1 aromatic carbocycles. The van der Waals surface area contributed by atoms with Crippen LogP contribution in [0, 0.1) is 5.92 Å². The molecule has 1 atom stereocenters. The molecular weight excluding hydrogens is 482 g/mol. The van der Waals surface area contributed by atoms with Gasteiger partial charge < -0.3 is 14.5 Å². The maximum atomic E-state index is 13.0. The summed E-state index contributed by atoms with van der Waals surface area (Å²) in [6.45, 7) is 5.52. The lowest BCUT2D eigenvalue weighted by Crippen LogP contribution is -2.61. The molecule has 7 heteroatoms. The van der Waals surface area contributed by atoms with Crippen molar-refractivity contribution in [2.24, 2.45) is 5.92 Å². The minimum Gasteiger partial charge on any atom is -0.494 e. The number of likely N-dealkylation sites (N-methyl/N-ethyl adjacent to an activating group) is 1. The molecule has 0 bridgehead atoms. The summed E-state index contributed by atoms with van der Waals surface area (Å²) < 4.78 is 6.82. The zero-order chi connectivity index (χ0) is 23.4. The van der Waals surface area contributed by atoms with Crippen LogP contribution in [0.15, 0.2) is 22.7 Å². The molecule has 4 rings (SSSR count). The van der Waals surface area contributed by atoms with Crippen LogP contribution in [0.25, 0.3) is 0 Å². The van der Waals surface area contributed by atoms with Crippen molar-refractivity contribution < 1.29 is 14.3 Å². The van der Waals surface area contributed by atoms with Gasteiger partial charge in [-0.25, -0.2) is 4.79 Å². The Morgan fingerprint density at radius 1 is 1.06 bits per heavy atom. The normalized spacial score (nSPS) is 23.9. The number of urea groups is 1. The number of ether oxygens (including phenoxy) is 1. The van der Waals surface area contributed by atoms with Crippen LogP contribution in [0.3, 0.4) is 0 Å². The van der Waals surface area contributed by atoms with Gasteiger partial charge in [0.1, 0.15) is 5.75 Å². The lowest BCUT2D eigenvalue weighted by atomic mass is 9.89. The number of halogens is 1. The van der Waals surface area contributed by atoms with Gasteiger partial charge >= 0.3 is 6.03 Å². The van der Waals surface area contributed by atoms with Crippen molar-refractivity contribution in [1.29, 1.82) is 0 Å². The van der Waals surface area contributed by atoms with Crippen LogP contribution in [-0.2, 0) is 11.2 Å². The van der Waals surface area contributed by atoms with E-state index in [1.165, 1.54) is 12.0 Å². The minimum absolute atomic E-state index is 0.0154. The Labute approximate surface area is 206 Å². The van der Waals surface area contributed by atoms with Crippen LogP contribution in [0.5, 0.6) is 5.75 Å². The van der Waals surface area contributed by atoms with Gasteiger partial charge in [-0.1, -0.05) is 35.2 Å². The van der Waals surface area contributed by atoms with Gasteiger partial charge in [0.2, 0.25) is 5.91 Å². The fourth-order valence-electron chi connectivity index (χ4n) is 5.70. The molecule has 182 valence electrons. The van der Waals surface area contributed by atoms with Crippen molar-refractivity contribution in [3.8, 4) is 5.75 Å². The summed E-state index contributed by atoms with van der Waals surface area (Å²) in [6, 6.07) is 6.26. The standard InChI is InChI=1S/C26H38BrN3O3/c1-3-33-23-9-10-24(27)20(16-23)15-19-11-13-29(14-12-19)18-22-17-25(31)30(26(32)28(22)2)21-7-5-4-6-8-21/h9-10,16,19,21-22H,3-8,11-15,17-18H2,1-2H3. The molecule has 1 saturated carbocycles. The van der Waals surface area contributed by atoms with Gasteiger partial charge in [-0.05, 0) is 81.8 Å². The molecular formula is C26H38BrN3O3. The molecule has 2 heterocycles. The number of amides is 3. The molecule has 6 nitrogen and oxygen atoms in total. The maximum absolute atomic E-state index is 13.0. The van der Waals surface area contributed by atoms with E-state index < -0.39 is 0 Å². The van der Waals surface area contributed by atoms with Gasteiger partial charge in [0.15, 0.2) is 0 Å². The molecule has 1 unspecified atom stereocenters. The second-order valence-electron chi connectivity index (χ2n) is 9.94. The summed E-state index contributed by atoms with van der Waals surface area (Å²) in [6.07, 6.45) is 9.17. The van der Waals surface area contributed by atoms with E-state index in [9.17, 15) is 9.59 Å². The Bertz CT molecular complexity index is 834. The first-order chi connectivity index (χ1) is 16.0. The van der Waals surface area contributed by atoms with E-state index in [4.69, 9.17) is 4.74 Å². The van der Waals surface area contributed by atoms with Crippen molar-refractivity contribution in [3.05, 3.63) is 28.2 Å². The first-order valence-corrected chi connectivity index (χ1v) is 13.5. The van der Waals surface area contributed by atoms with Gasteiger partial charge in [0.05, 0.1) is 12.6 Å². The molecule has 33 heavy (non-hydrogen) atoms. The van der Waals surface area contributed by atoms with E-state index in [-0.39, 0.29) is 24.0 Å². The second-order valence-corrected chi connectivity index (χ2v) is 10.8. The fourth-order valence-corrected chi connectivity index (χ4v) is 6.11. The smallest absolute Gasteiger partial charge is 0.327 e. The molecule has 1 aromatic rings. The number of carbonyl (C=O) groups excluding carboxylic acids is 2.